The second-order valence-corrected chi connectivity index (χ2v) is 5.09. The number of para-hydroxylation sites is 1. The minimum atomic E-state index is -0.985. The van der Waals surface area contributed by atoms with Gasteiger partial charge in [0.05, 0.1) is 0 Å². The van der Waals surface area contributed by atoms with Crippen molar-refractivity contribution in [3.8, 4) is 5.75 Å². The summed E-state index contributed by atoms with van der Waals surface area (Å²) >= 11 is 1.56. The lowest BCUT2D eigenvalue weighted by Gasteiger charge is -2.09. The molecule has 6 heteroatoms. The van der Waals surface area contributed by atoms with Crippen molar-refractivity contribution in [1.82, 2.24) is 0 Å². The number of aliphatic carboxylic acids is 1. The normalized spacial score (nSPS) is 11.9. The Morgan fingerprint density at radius 2 is 2.11 bits per heavy atom. The summed E-state index contributed by atoms with van der Waals surface area (Å²) in [5, 5.41) is 8.65. The summed E-state index contributed by atoms with van der Waals surface area (Å²) < 4.78 is 5.09. The summed E-state index contributed by atoms with van der Waals surface area (Å²) in [5.41, 5.74) is 6.32. The van der Waals surface area contributed by atoms with E-state index in [9.17, 15) is 9.59 Å². The van der Waals surface area contributed by atoms with Gasteiger partial charge in [0.25, 0.3) is 0 Å². The van der Waals surface area contributed by atoms with Crippen LogP contribution in [-0.4, -0.2) is 28.8 Å². The maximum atomic E-state index is 10.9. The number of benzene rings is 1. The van der Waals surface area contributed by atoms with Gasteiger partial charge in [0.15, 0.2) is 0 Å². The molecule has 3 N–H and O–H groups in total. The van der Waals surface area contributed by atoms with Crippen molar-refractivity contribution >= 4 is 23.7 Å². The molecule has 1 aromatic rings. The highest BCUT2D eigenvalue weighted by molar-refractivity contribution is 7.98. The number of hydrogen-bond donors (Lipinski definition) is 2. The molecule has 104 valence electrons. The van der Waals surface area contributed by atoms with Crippen molar-refractivity contribution < 1.29 is 19.4 Å². The maximum absolute atomic E-state index is 10.9. The number of carboxylic acids is 1. The van der Waals surface area contributed by atoms with Crippen molar-refractivity contribution in [2.75, 3.05) is 5.75 Å². The Morgan fingerprint density at radius 3 is 2.74 bits per heavy atom. The lowest BCUT2D eigenvalue weighted by Crippen LogP contribution is -2.30. The molecule has 0 aliphatic heterocycles. The van der Waals surface area contributed by atoms with Gasteiger partial charge in [-0.15, -0.1) is 0 Å². The molecule has 1 atom stereocenters. The van der Waals surface area contributed by atoms with Crippen molar-refractivity contribution in [3.63, 3.8) is 0 Å². The fourth-order valence-corrected chi connectivity index (χ4v) is 2.42. The minimum Gasteiger partial charge on any atom is -0.480 e. The largest absolute Gasteiger partial charge is 0.480 e. The predicted molar refractivity (Wildman–Crippen MR) is 74.1 cm³/mol. The van der Waals surface area contributed by atoms with Crippen LogP contribution in [0, 0.1) is 0 Å². The van der Waals surface area contributed by atoms with E-state index in [-0.39, 0.29) is 5.97 Å². The minimum absolute atomic E-state index is 0.356. The number of hydrogen-bond acceptors (Lipinski definition) is 5. The molecule has 0 aliphatic rings. The van der Waals surface area contributed by atoms with Crippen molar-refractivity contribution in [3.05, 3.63) is 29.8 Å². The molecule has 1 rings (SSSR count). The third-order valence-corrected chi connectivity index (χ3v) is 3.41. The molecule has 1 aromatic carbocycles. The molecular weight excluding hydrogens is 266 g/mol. The number of thioether (sulfide) groups is 1. The van der Waals surface area contributed by atoms with Gasteiger partial charge in [0, 0.05) is 18.2 Å². The first-order chi connectivity index (χ1) is 9.00. The molecule has 0 saturated carbocycles. The second kappa shape index (κ2) is 7.81. The van der Waals surface area contributed by atoms with Crippen LogP contribution >= 0.6 is 11.8 Å². The number of carboxylic acid groups (broad SMARTS) is 1. The smallest absolute Gasteiger partial charge is 0.320 e. The van der Waals surface area contributed by atoms with Crippen LogP contribution in [0.2, 0.25) is 0 Å². The van der Waals surface area contributed by atoms with Crippen LogP contribution in [0.3, 0.4) is 0 Å². The molecule has 0 heterocycles. The van der Waals surface area contributed by atoms with Gasteiger partial charge >= 0.3 is 11.9 Å². The first kappa shape index (κ1) is 15.5. The summed E-state index contributed by atoms with van der Waals surface area (Å²) in [4.78, 5) is 21.5. The molecule has 0 aliphatic carbocycles. The zero-order chi connectivity index (χ0) is 14.3. The molecule has 0 spiro atoms. The average Bonchev–Trinajstić information content (AvgIpc) is 2.35. The van der Waals surface area contributed by atoms with Gasteiger partial charge in [-0.1, -0.05) is 18.2 Å². The van der Waals surface area contributed by atoms with Gasteiger partial charge in [-0.3, -0.25) is 9.59 Å². The van der Waals surface area contributed by atoms with E-state index in [0.29, 0.717) is 23.7 Å². The second-order valence-electron chi connectivity index (χ2n) is 3.99. The van der Waals surface area contributed by atoms with Crippen LogP contribution in [-0.2, 0) is 15.3 Å². The third kappa shape index (κ3) is 5.76. The summed E-state index contributed by atoms with van der Waals surface area (Å²) in [6, 6.07) is 6.46. The Kier molecular flexibility index (Phi) is 6.38. The maximum Gasteiger partial charge on any atom is 0.320 e. The zero-order valence-corrected chi connectivity index (χ0v) is 11.5. The Labute approximate surface area is 116 Å². The summed E-state index contributed by atoms with van der Waals surface area (Å²) in [7, 11) is 0. The number of nitrogens with two attached hydrogens (primary N) is 1. The first-order valence-corrected chi connectivity index (χ1v) is 6.98. The van der Waals surface area contributed by atoms with E-state index in [1.165, 1.54) is 6.92 Å². The predicted octanol–water partition coefficient (Wildman–Crippen LogP) is 1.65. The van der Waals surface area contributed by atoms with E-state index in [2.05, 4.69) is 0 Å². The van der Waals surface area contributed by atoms with E-state index < -0.39 is 12.0 Å². The van der Waals surface area contributed by atoms with E-state index in [4.69, 9.17) is 15.6 Å². The summed E-state index contributed by atoms with van der Waals surface area (Å²) in [6.45, 7) is 1.36. The first-order valence-electron chi connectivity index (χ1n) is 5.83. The molecular formula is C13H17NO4S. The van der Waals surface area contributed by atoms with Gasteiger partial charge in [-0.2, -0.15) is 11.8 Å². The van der Waals surface area contributed by atoms with Gasteiger partial charge in [-0.05, 0) is 18.2 Å². The van der Waals surface area contributed by atoms with Crippen molar-refractivity contribution in [2.24, 2.45) is 5.73 Å². The monoisotopic (exact) mass is 283 g/mol. The van der Waals surface area contributed by atoms with Gasteiger partial charge in [0.2, 0.25) is 0 Å². The SMILES string of the molecule is CC(=O)Oc1ccccc1CSCCC(N)C(=O)O. The fraction of sp³-hybridized carbons (Fsp3) is 0.385. The lowest BCUT2D eigenvalue weighted by molar-refractivity contribution is -0.138. The van der Waals surface area contributed by atoms with Crippen LogP contribution in [0.1, 0.15) is 18.9 Å². The Morgan fingerprint density at radius 1 is 1.42 bits per heavy atom. The van der Waals surface area contributed by atoms with Crippen molar-refractivity contribution in [2.45, 2.75) is 25.1 Å². The Hall–Kier alpha value is -1.53. The highest BCUT2D eigenvalue weighted by Gasteiger charge is 2.11. The number of ether oxygens (including phenoxy) is 1. The van der Waals surface area contributed by atoms with Gasteiger partial charge in [-0.25, -0.2) is 0 Å². The molecule has 5 nitrogen and oxygen atoms in total. The number of rotatable bonds is 7. The number of esters is 1. The topological polar surface area (TPSA) is 89.6 Å². The molecule has 19 heavy (non-hydrogen) atoms. The fourth-order valence-electron chi connectivity index (χ4n) is 1.39. The molecule has 0 radical (unpaired) electrons. The Balaban J connectivity index is 2.45. The summed E-state index contributed by atoms with van der Waals surface area (Å²) in [5.74, 6) is 0.494. The van der Waals surface area contributed by atoms with E-state index in [1.807, 2.05) is 12.1 Å². The van der Waals surface area contributed by atoms with E-state index in [1.54, 1.807) is 23.9 Å². The number of carbonyl (C=O) groups is 2. The van der Waals surface area contributed by atoms with Crippen LogP contribution in [0.4, 0.5) is 0 Å². The highest BCUT2D eigenvalue weighted by Crippen LogP contribution is 2.23. The summed E-state index contributed by atoms with van der Waals surface area (Å²) in [6.07, 6.45) is 0.412. The van der Waals surface area contributed by atoms with E-state index >= 15 is 0 Å². The molecule has 1 unspecified atom stereocenters. The standard InChI is InChI=1S/C13H17NO4S/c1-9(15)18-12-5-3-2-4-10(12)8-19-7-6-11(14)13(16)17/h2-5,11H,6-8,14H2,1H3,(H,16,17). The quantitative estimate of drug-likeness (QED) is 0.449. The molecule has 0 amide bonds. The van der Waals surface area contributed by atoms with Crippen LogP contribution in [0.25, 0.3) is 0 Å². The third-order valence-electron chi connectivity index (χ3n) is 2.37. The van der Waals surface area contributed by atoms with Crippen molar-refractivity contribution in [1.29, 1.82) is 0 Å². The Bertz CT molecular complexity index is 450. The van der Waals surface area contributed by atoms with E-state index in [0.717, 1.165) is 5.56 Å². The van der Waals surface area contributed by atoms with Crippen LogP contribution in [0.15, 0.2) is 24.3 Å². The van der Waals surface area contributed by atoms with Gasteiger partial charge < -0.3 is 15.6 Å². The van der Waals surface area contributed by atoms with Gasteiger partial charge in [0.1, 0.15) is 11.8 Å². The number of carbonyl (C=O) groups excluding carboxylic acids is 1. The molecule has 0 aromatic heterocycles. The highest BCUT2D eigenvalue weighted by atomic mass is 32.2. The zero-order valence-electron chi connectivity index (χ0n) is 10.7. The van der Waals surface area contributed by atoms with Crippen LogP contribution in [0.5, 0.6) is 5.75 Å². The molecule has 0 saturated heterocycles. The average molecular weight is 283 g/mol. The molecule has 0 fully saturated rings. The lowest BCUT2D eigenvalue weighted by atomic mass is 10.2. The van der Waals surface area contributed by atoms with Crippen LogP contribution < -0.4 is 10.5 Å². The molecule has 0 bridgehead atoms.